The zero-order valence-electron chi connectivity index (χ0n) is 29.0. The fourth-order valence-corrected chi connectivity index (χ4v) is 6.68. The van der Waals surface area contributed by atoms with E-state index in [1.165, 1.54) is 11.1 Å². The Labute approximate surface area is 300 Å². The highest BCUT2D eigenvalue weighted by atomic mass is 16.3. The zero-order chi connectivity index (χ0) is 37.5. The number of carbonyl (C=O) groups excluding carboxylic acids is 7. The molecule has 3 unspecified atom stereocenters. The highest BCUT2D eigenvalue weighted by Crippen LogP contribution is 2.34. The first-order chi connectivity index (χ1) is 24.8. The minimum atomic E-state index is -1.12. The van der Waals surface area contributed by atoms with E-state index in [2.05, 4.69) is 26.3 Å². The van der Waals surface area contributed by atoms with Crippen LogP contribution in [0.1, 0.15) is 79.8 Å². The number of anilines is 1. The van der Waals surface area contributed by atoms with Crippen LogP contribution in [0.2, 0.25) is 0 Å². The zero-order valence-corrected chi connectivity index (χ0v) is 29.0. The van der Waals surface area contributed by atoms with Crippen molar-refractivity contribution >= 4 is 53.3 Å². The fourth-order valence-electron chi connectivity index (χ4n) is 6.68. The van der Waals surface area contributed by atoms with Gasteiger partial charge in [-0.15, -0.1) is 0 Å². The number of nitrogens with two attached hydrogens (primary N) is 1. The average Bonchev–Trinajstić information content (AvgIpc) is 3.43. The van der Waals surface area contributed by atoms with E-state index >= 15 is 0 Å². The number of urea groups is 1. The van der Waals surface area contributed by atoms with Gasteiger partial charge in [-0.1, -0.05) is 50.2 Å². The van der Waals surface area contributed by atoms with E-state index in [-0.39, 0.29) is 80.6 Å². The van der Waals surface area contributed by atoms with E-state index in [9.17, 15) is 38.7 Å². The number of hydrogen-bond donors (Lipinski definition) is 6. The van der Waals surface area contributed by atoms with Crippen LogP contribution >= 0.6 is 0 Å². The maximum atomic E-state index is 13.8. The van der Waals surface area contributed by atoms with Crippen LogP contribution in [0.15, 0.2) is 64.9 Å². The number of piperidine rings is 1. The topological polar surface area (TPSA) is 229 Å². The van der Waals surface area contributed by atoms with Crippen LogP contribution in [0, 0.1) is 5.92 Å². The third-order valence-corrected chi connectivity index (χ3v) is 9.46. The van der Waals surface area contributed by atoms with E-state index in [1.54, 1.807) is 32.0 Å². The molecule has 2 aliphatic heterocycles. The number of aliphatic hydroxyl groups excluding tert-OH is 1. The molecule has 15 heteroatoms. The number of primary amides is 1. The summed E-state index contributed by atoms with van der Waals surface area (Å²) in [6.45, 7) is 3.67. The smallest absolute Gasteiger partial charge is 0.312 e. The van der Waals surface area contributed by atoms with Crippen molar-refractivity contribution < 1.29 is 38.7 Å². The van der Waals surface area contributed by atoms with Crippen LogP contribution in [0.25, 0.3) is 0 Å². The van der Waals surface area contributed by atoms with Crippen molar-refractivity contribution in [2.45, 2.75) is 83.0 Å². The predicted molar refractivity (Wildman–Crippen MR) is 190 cm³/mol. The maximum Gasteiger partial charge on any atom is 0.312 e. The molecule has 3 aliphatic rings. The molecule has 1 fully saturated rings. The number of carbonyl (C=O) groups is 7. The molecule has 0 aromatic heterocycles. The lowest BCUT2D eigenvalue weighted by atomic mass is 9.83. The third-order valence-electron chi connectivity index (χ3n) is 9.46. The molecule has 4 atom stereocenters. The predicted octanol–water partition coefficient (Wildman–Crippen LogP) is 2.37. The molecule has 52 heavy (non-hydrogen) atoms. The van der Waals surface area contributed by atoms with Gasteiger partial charge in [-0.05, 0) is 48.8 Å². The first-order valence-electron chi connectivity index (χ1n) is 17.3. The van der Waals surface area contributed by atoms with Gasteiger partial charge in [-0.2, -0.15) is 0 Å². The SMILES string of the molecule is CC(C)C(N=CC1=C(O)CC(c2ccccc2)CC1=O)C(=O)N[C@@H](CCCNC(N)=O)C(=O)Nc1cccc2c1CN(C1CCC(=O)NC1=O)C2=O. The van der Waals surface area contributed by atoms with Gasteiger partial charge in [0.2, 0.25) is 23.6 Å². The summed E-state index contributed by atoms with van der Waals surface area (Å²) in [4.78, 5) is 95.1. The van der Waals surface area contributed by atoms with E-state index in [1.807, 2.05) is 30.3 Å². The Morgan fingerprint density at radius 2 is 1.79 bits per heavy atom. The standard InChI is InChI=1S/C37H43N7O8/c1-20(2)32(40-18-24-29(45)16-22(17-30(24)46)21-8-4-3-5-9-21)35(50)42-27(12-7-15-39-37(38)52)33(48)41-26-11-6-10-23-25(26)19-44(36(23)51)28-13-14-31(47)43-34(28)49/h3-6,8-11,18,20,22,27-28,32,45H,7,12-17,19H2,1-2H3,(H,41,48)(H,42,50)(H3,38,39,52)(H,43,47,49)/t22?,27-,28?,32?/m0/s1. The van der Waals surface area contributed by atoms with Crippen LogP contribution < -0.4 is 27.0 Å². The van der Waals surface area contributed by atoms with Crippen molar-refractivity contribution in [3.8, 4) is 0 Å². The number of aliphatic hydroxyl groups is 1. The van der Waals surface area contributed by atoms with Crippen molar-refractivity contribution in [1.82, 2.24) is 20.9 Å². The number of imide groups is 1. The second kappa shape index (κ2) is 16.4. The number of allylic oxidation sites excluding steroid dienone is 2. The lowest BCUT2D eigenvalue weighted by Crippen LogP contribution is -2.52. The molecule has 274 valence electrons. The Hall–Kier alpha value is -5.86. The summed E-state index contributed by atoms with van der Waals surface area (Å²) < 4.78 is 0. The molecule has 5 rings (SSSR count). The van der Waals surface area contributed by atoms with Gasteiger partial charge in [0.05, 0.1) is 5.57 Å². The van der Waals surface area contributed by atoms with E-state index < -0.39 is 53.7 Å². The average molecular weight is 714 g/mol. The number of benzene rings is 2. The van der Waals surface area contributed by atoms with Gasteiger partial charge in [0.15, 0.2) is 5.78 Å². The van der Waals surface area contributed by atoms with Crippen LogP contribution in [-0.4, -0.2) is 82.2 Å². The van der Waals surface area contributed by atoms with Gasteiger partial charge in [0.1, 0.15) is 23.9 Å². The molecule has 2 aromatic carbocycles. The quantitative estimate of drug-likeness (QED) is 0.102. The molecule has 1 saturated heterocycles. The van der Waals surface area contributed by atoms with Crippen molar-refractivity contribution in [3.63, 3.8) is 0 Å². The number of aliphatic imine (C=N–C) groups is 1. The summed E-state index contributed by atoms with van der Waals surface area (Å²) >= 11 is 0. The largest absolute Gasteiger partial charge is 0.511 e. The van der Waals surface area contributed by atoms with E-state index in [0.29, 0.717) is 16.8 Å². The summed E-state index contributed by atoms with van der Waals surface area (Å²) in [5.74, 6) is -3.53. The van der Waals surface area contributed by atoms with Gasteiger partial charge in [-0.25, -0.2) is 4.79 Å². The number of rotatable bonds is 13. The van der Waals surface area contributed by atoms with Crippen LogP contribution in [0.4, 0.5) is 10.5 Å². The summed E-state index contributed by atoms with van der Waals surface area (Å²) in [5, 5.41) is 21.1. The monoisotopic (exact) mass is 713 g/mol. The summed E-state index contributed by atoms with van der Waals surface area (Å²) in [6, 6.07) is 10.5. The van der Waals surface area contributed by atoms with Gasteiger partial charge in [-0.3, -0.25) is 39.1 Å². The van der Waals surface area contributed by atoms with E-state index in [0.717, 1.165) is 5.56 Å². The van der Waals surface area contributed by atoms with Crippen LogP contribution in [0.3, 0.4) is 0 Å². The minimum Gasteiger partial charge on any atom is -0.511 e. The summed E-state index contributed by atoms with van der Waals surface area (Å²) in [5.41, 5.74) is 7.25. The third kappa shape index (κ3) is 8.71. The van der Waals surface area contributed by atoms with Gasteiger partial charge >= 0.3 is 6.03 Å². The normalized spacial score (nSPS) is 20.1. The van der Waals surface area contributed by atoms with E-state index in [4.69, 9.17) is 5.73 Å². The molecule has 15 nitrogen and oxygen atoms in total. The van der Waals surface area contributed by atoms with Gasteiger partial charge < -0.3 is 31.7 Å². The molecular weight excluding hydrogens is 670 g/mol. The Morgan fingerprint density at radius 1 is 1.04 bits per heavy atom. The number of nitrogens with one attached hydrogen (secondary N) is 4. The van der Waals surface area contributed by atoms with Crippen LogP contribution in [0.5, 0.6) is 0 Å². The highest BCUT2D eigenvalue weighted by Gasteiger charge is 2.40. The lowest BCUT2D eigenvalue weighted by molar-refractivity contribution is -0.137. The Bertz CT molecular complexity index is 1820. The second-order valence-corrected chi connectivity index (χ2v) is 13.5. The molecule has 0 saturated carbocycles. The molecule has 0 bridgehead atoms. The first kappa shape index (κ1) is 37.4. The Kier molecular flexibility index (Phi) is 11.8. The van der Waals surface area contributed by atoms with Crippen molar-refractivity contribution in [2.75, 3.05) is 11.9 Å². The molecule has 2 aromatic rings. The Morgan fingerprint density at radius 3 is 2.46 bits per heavy atom. The fraction of sp³-hybridized carbons (Fsp3) is 0.405. The summed E-state index contributed by atoms with van der Waals surface area (Å²) in [7, 11) is 0. The number of ketones is 1. The number of hydrogen-bond acceptors (Lipinski definition) is 9. The molecular formula is C37H43N7O8. The Balaban J connectivity index is 1.31. The molecule has 1 aliphatic carbocycles. The van der Waals surface area contributed by atoms with Crippen molar-refractivity contribution in [2.24, 2.45) is 16.6 Å². The minimum absolute atomic E-state index is 0.0219. The number of Topliss-reactive ketones (excluding diaryl/α,β-unsaturated/α-hetero) is 1. The number of amides is 7. The molecule has 7 N–H and O–H groups in total. The first-order valence-corrected chi connectivity index (χ1v) is 17.3. The van der Waals surface area contributed by atoms with Gasteiger partial charge in [0, 0.05) is 55.4 Å². The second-order valence-electron chi connectivity index (χ2n) is 13.5. The molecule has 0 spiro atoms. The van der Waals surface area contributed by atoms with Gasteiger partial charge in [0.25, 0.3) is 5.91 Å². The number of fused-ring (bicyclic) bond motifs is 1. The number of nitrogens with zero attached hydrogens (tertiary/aromatic N) is 2. The maximum absolute atomic E-state index is 13.8. The molecule has 2 heterocycles. The molecule has 0 radical (unpaired) electrons. The highest BCUT2D eigenvalue weighted by molar-refractivity contribution is 6.15. The summed E-state index contributed by atoms with van der Waals surface area (Å²) in [6.07, 6.45) is 2.29. The molecule has 7 amide bonds. The lowest BCUT2D eigenvalue weighted by Gasteiger charge is -2.29. The van der Waals surface area contributed by atoms with Crippen molar-refractivity contribution in [1.29, 1.82) is 0 Å². The van der Waals surface area contributed by atoms with Crippen LogP contribution in [-0.2, 0) is 30.5 Å². The van der Waals surface area contributed by atoms with Crippen molar-refractivity contribution in [3.05, 3.63) is 76.6 Å².